The molecule has 1 heterocycles. The van der Waals surface area contributed by atoms with E-state index in [-0.39, 0.29) is 11.9 Å². The van der Waals surface area contributed by atoms with Gasteiger partial charge in [0.2, 0.25) is 0 Å². The van der Waals surface area contributed by atoms with Crippen molar-refractivity contribution in [3.05, 3.63) is 0 Å². The lowest BCUT2D eigenvalue weighted by Gasteiger charge is -2.31. The van der Waals surface area contributed by atoms with Crippen molar-refractivity contribution in [1.29, 1.82) is 0 Å². The van der Waals surface area contributed by atoms with Crippen LogP contribution in [0.2, 0.25) is 0 Å². The minimum atomic E-state index is -0.229. The molecular formula is C11H22N2O2. The first-order valence-corrected chi connectivity index (χ1v) is 6.07. The smallest absolute Gasteiger partial charge is 0.168 e. The topological polar surface area (TPSA) is 56.5 Å². The van der Waals surface area contributed by atoms with E-state index in [0.717, 1.165) is 32.5 Å². The Bertz CT molecular complexity index is 191. The molecule has 0 bridgehead atoms. The van der Waals surface area contributed by atoms with Gasteiger partial charge < -0.3 is 20.5 Å². The number of hydrogen-bond donors (Lipinski definition) is 2. The van der Waals surface area contributed by atoms with Gasteiger partial charge in [-0.05, 0) is 12.8 Å². The van der Waals surface area contributed by atoms with Gasteiger partial charge in [-0.15, -0.1) is 0 Å². The minimum Gasteiger partial charge on any atom is -0.347 e. The van der Waals surface area contributed by atoms with Gasteiger partial charge in [0.05, 0.1) is 12.7 Å². The summed E-state index contributed by atoms with van der Waals surface area (Å²) in [5, 5.41) is 3.27. The molecule has 0 radical (unpaired) electrons. The van der Waals surface area contributed by atoms with Crippen molar-refractivity contribution >= 4 is 0 Å². The summed E-state index contributed by atoms with van der Waals surface area (Å²) in [7, 11) is 0. The fraction of sp³-hybridized carbons (Fsp3) is 1.00. The van der Waals surface area contributed by atoms with Gasteiger partial charge in [-0.1, -0.05) is 6.42 Å². The van der Waals surface area contributed by atoms with Crippen molar-refractivity contribution in [3.63, 3.8) is 0 Å². The van der Waals surface area contributed by atoms with E-state index in [2.05, 4.69) is 5.32 Å². The highest BCUT2D eigenvalue weighted by atomic mass is 16.7. The van der Waals surface area contributed by atoms with Crippen LogP contribution in [-0.2, 0) is 9.47 Å². The quantitative estimate of drug-likeness (QED) is 0.673. The maximum atomic E-state index is 6.01. The Morgan fingerprint density at radius 1 is 1.27 bits per heavy atom. The summed E-state index contributed by atoms with van der Waals surface area (Å²) in [6.07, 6.45) is 6.16. The van der Waals surface area contributed by atoms with Crippen molar-refractivity contribution in [2.24, 2.45) is 5.73 Å². The Balaban J connectivity index is 1.73. The number of nitrogens with two attached hydrogens (primary N) is 1. The summed E-state index contributed by atoms with van der Waals surface area (Å²) in [5.74, 6) is -0.229. The van der Waals surface area contributed by atoms with E-state index in [4.69, 9.17) is 15.2 Å². The van der Waals surface area contributed by atoms with Crippen LogP contribution in [-0.4, -0.2) is 38.1 Å². The standard InChI is InChI=1S/C11H22N2O2/c12-6-7-13-8-10-9-14-11(15-10)4-2-1-3-5-11/h10,13H,1-9,12H2. The molecule has 0 aromatic carbocycles. The Morgan fingerprint density at radius 2 is 2.07 bits per heavy atom. The Hall–Kier alpha value is -0.160. The first-order valence-electron chi connectivity index (χ1n) is 6.07. The summed E-state index contributed by atoms with van der Waals surface area (Å²) < 4.78 is 11.8. The summed E-state index contributed by atoms with van der Waals surface area (Å²) in [4.78, 5) is 0. The number of rotatable bonds is 4. The molecule has 0 aromatic rings. The van der Waals surface area contributed by atoms with Gasteiger partial charge in [0.1, 0.15) is 0 Å². The largest absolute Gasteiger partial charge is 0.347 e. The van der Waals surface area contributed by atoms with Crippen molar-refractivity contribution in [1.82, 2.24) is 5.32 Å². The lowest BCUT2D eigenvalue weighted by Crippen LogP contribution is -2.36. The van der Waals surface area contributed by atoms with Gasteiger partial charge in [-0.2, -0.15) is 0 Å². The van der Waals surface area contributed by atoms with Crippen LogP contribution in [0.25, 0.3) is 0 Å². The highest BCUT2D eigenvalue weighted by molar-refractivity contribution is 4.83. The third-order valence-electron chi connectivity index (χ3n) is 3.22. The number of ether oxygens (including phenoxy) is 2. The van der Waals surface area contributed by atoms with Gasteiger partial charge in [-0.25, -0.2) is 0 Å². The van der Waals surface area contributed by atoms with E-state index < -0.39 is 0 Å². The molecule has 2 rings (SSSR count). The van der Waals surface area contributed by atoms with Crippen molar-refractivity contribution in [2.45, 2.75) is 44.0 Å². The third-order valence-corrected chi connectivity index (χ3v) is 3.22. The summed E-state index contributed by atoms with van der Waals surface area (Å²) in [5.41, 5.74) is 5.41. The lowest BCUT2D eigenvalue weighted by molar-refractivity contribution is -0.186. The molecule has 1 aliphatic carbocycles. The van der Waals surface area contributed by atoms with E-state index in [1.165, 1.54) is 19.3 Å². The third kappa shape index (κ3) is 2.91. The molecule has 2 aliphatic rings. The molecule has 1 spiro atoms. The molecule has 88 valence electrons. The molecule has 4 heteroatoms. The zero-order chi connectivity index (χ0) is 10.6. The predicted molar refractivity (Wildman–Crippen MR) is 58.6 cm³/mol. The van der Waals surface area contributed by atoms with Crippen LogP contribution in [0, 0.1) is 0 Å². The number of hydrogen-bond acceptors (Lipinski definition) is 4. The molecular weight excluding hydrogens is 192 g/mol. The molecule has 1 saturated heterocycles. The van der Waals surface area contributed by atoms with Gasteiger partial charge in [-0.3, -0.25) is 0 Å². The second-order valence-corrected chi connectivity index (χ2v) is 4.52. The molecule has 0 aromatic heterocycles. The molecule has 1 unspecified atom stereocenters. The maximum Gasteiger partial charge on any atom is 0.168 e. The zero-order valence-electron chi connectivity index (χ0n) is 9.34. The van der Waals surface area contributed by atoms with Gasteiger partial charge in [0, 0.05) is 32.5 Å². The highest BCUT2D eigenvalue weighted by Crippen LogP contribution is 2.37. The number of nitrogens with one attached hydrogen (secondary N) is 1. The van der Waals surface area contributed by atoms with Gasteiger partial charge in [0.15, 0.2) is 5.79 Å². The zero-order valence-corrected chi connectivity index (χ0v) is 9.34. The van der Waals surface area contributed by atoms with Crippen molar-refractivity contribution in [2.75, 3.05) is 26.2 Å². The normalized spacial score (nSPS) is 29.8. The van der Waals surface area contributed by atoms with Crippen LogP contribution < -0.4 is 11.1 Å². The summed E-state index contributed by atoms with van der Waals surface area (Å²) in [6.45, 7) is 3.13. The SMILES string of the molecule is NCCNCC1COC2(CCCCC2)O1. The average molecular weight is 214 g/mol. The monoisotopic (exact) mass is 214 g/mol. The minimum absolute atomic E-state index is 0.217. The van der Waals surface area contributed by atoms with Gasteiger partial charge >= 0.3 is 0 Å². The van der Waals surface area contributed by atoms with Crippen LogP contribution in [0.15, 0.2) is 0 Å². The van der Waals surface area contributed by atoms with Crippen molar-refractivity contribution in [3.8, 4) is 0 Å². The Morgan fingerprint density at radius 3 is 2.80 bits per heavy atom. The average Bonchev–Trinajstić information content (AvgIpc) is 2.63. The van der Waals surface area contributed by atoms with Crippen LogP contribution in [0.4, 0.5) is 0 Å². The van der Waals surface area contributed by atoms with E-state index in [1.807, 2.05) is 0 Å². The molecule has 1 aliphatic heterocycles. The second kappa shape index (κ2) is 5.25. The van der Waals surface area contributed by atoms with E-state index in [1.54, 1.807) is 0 Å². The molecule has 3 N–H and O–H groups in total. The summed E-state index contributed by atoms with van der Waals surface area (Å²) in [6, 6.07) is 0. The lowest BCUT2D eigenvalue weighted by atomic mass is 9.94. The van der Waals surface area contributed by atoms with Crippen molar-refractivity contribution < 1.29 is 9.47 Å². The maximum absolute atomic E-state index is 6.01. The van der Waals surface area contributed by atoms with Crippen LogP contribution in [0.5, 0.6) is 0 Å². The molecule has 4 nitrogen and oxygen atoms in total. The Kier molecular flexibility index (Phi) is 3.97. The first-order chi connectivity index (χ1) is 7.35. The fourth-order valence-electron chi connectivity index (χ4n) is 2.43. The van der Waals surface area contributed by atoms with Gasteiger partial charge in [0.25, 0.3) is 0 Å². The molecule has 0 amide bonds. The van der Waals surface area contributed by atoms with Crippen LogP contribution in [0.1, 0.15) is 32.1 Å². The molecule has 1 saturated carbocycles. The second-order valence-electron chi connectivity index (χ2n) is 4.52. The highest BCUT2D eigenvalue weighted by Gasteiger charge is 2.41. The molecule has 1 atom stereocenters. The molecule has 15 heavy (non-hydrogen) atoms. The van der Waals surface area contributed by atoms with Crippen LogP contribution >= 0.6 is 0 Å². The summed E-state index contributed by atoms with van der Waals surface area (Å²) >= 11 is 0. The predicted octanol–water partition coefficient (Wildman–Crippen LogP) is 0.610. The fourth-order valence-corrected chi connectivity index (χ4v) is 2.43. The Labute approximate surface area is 91.5 Å². The first kappa shape index (κ1) is 11.3. The van der Waals surface area contributed by atoms with E-state index in [9.17, 15) is 0 Å². The molecule has 2 fully saturated rings. The van der Waals surface area contributed by atoms with E-state index >= 15 is 0 Å². The van der Waals surface area contributed by atoms with E-state index in [0.29, 0.717) is 6.54 Å². The van der Waals surface area contributed by atoms with Crippen LogP contribution in [0.3, 0.4) is 0 Å².